The molecule has 1 heterocycles. The Bertz CT molecular complexity index is 478. The molecule has 0 aliphatic carbocycles. The first kappa shape index (κ1) is 15.3. The Morgan fingerprint density at radius 2 is 1.80 bits per heavy atom. The molecule has 0 saturated carbocycles. The number of aliphatic hydroxyl groups excluding tert-OH is 1. The van der Waals surface area contributed by atoms with Crippen LogP contribution in [0.2, 0.25) is 0 Å². The molecule has 20 heavy (non-hydrogen) atoms. The Kier molecular flexibility index (Phi) is 4.35. The molecule has 1 N–H and O–H groups in total. The standard InChI is InChI=1S/C16H25FN2O/c1-10-6-16(14(13(4)20)7-15(10)17)19-8-11(2)18(5)12(3)9-19/h6-7,11-13,20H,8-9H2,1-5H3. The predicted octanol–water partition coefficient (Wildman–Crippen LogP) is 2.72. The van der Waals surface area contributed by atoms with Crippen molar-refractivity contribution < 1.29 is 9.50 Å². The topological polar surface area (TPSA) is 26.7 Å². The molecule has 4 heteroatoms. The number of aliphatic hydroxyl groups is 1. The van der Waals surface area contributed by atoms with E-state index >= 15 is 0 Å². The van der Waals surface area contributed by atoms with Crippen LogP contribution in [0.3, 0.4) is 0 Å². The van der Waals surface area contributed by atoms with Crippen LogP contribution in [0.1, 0.15) is 38.0 Å². The van der Waals surface area contributed by atoms with Gasteiger partial charge < -0.3 is 10.0 Å². The SMILES string of the molecule is Cc1cc(N2CC(C)N(C)C(C)C2)c(C(C)O)cc1F. The van der Waals surface area contributed by atoms with Gasteiger partial charge in [-0.05, 0) is 52.4 Å². The number of hydrogen-bond acceptors (Lipinski definition) is 3. The zero-order chi connectivity index (χ0) is 15.0. The first-order chi connectivity index (χ1) is 9.31. The summed E-state index contributed by atoms with van der Waals surface area (Å²) in [5.41, 5.74) is 2.27. The molecule has 1 saturated heterocycles. The Morgan fingerprint density at radius 3 is 2.30 bits per heavy atom. The van der Waals surface area contributed by atoms with Gasteiger partial charge in [-0.2, -0.15) is 0 Å². The number of likely N-dealkylation sites (N-methyl/N-ethyl adjacent to an activating group) is 1. The van der Waals surface area contributed by atoms with E-state index in [9.17, 15) is 9.50 Å². The molecule has 1 fully saturated rings. The summed E-state index contributed by atoms with van der Waals surface area (Å²) in [4.78, 5) is 4.62. The first-order valence-corrected chi connectivity index (χ1v) is 7.26. The van der Waals surface area contributed by atoms with Gasteiger partial charge >= 0.3 is 0 Å². The van der Waals surface area contributed by atoms with Crippen LogP contribution in [0.15, 0.2) is 12.1 Å². The van der Waals surface area contributed by atoms with Crippen molar-refractivity contribution in [1.29, 1.82) is 0 Å². The first-order valence-electron chi connectivity index (χ1n) is 7.26. The molecule has 1 aliphatic rings. The number of aryl methyl sites for hydroxylation is 1. The molecule has 0 radical (unpaired) electrons. The Morgan fingerprint density at radius 1 is 1.25 bits per heavy atom. The van der Waals surface area contributed by atoms with Gasteiger partial charge in [0.25, 0.3) is 0 Å². The molecule has 1 aliphatic heterocycles. The van der Waals surface area contributed by atoms with E-state index in [1.165, 1.54) is 6.07 Å². The normalized spacial score (nSPS) is 25.9. The minimum absolute atomic E-state index is 0.250. The van der Waals surface area contributed by atoms with Gasteiger partial charge in [0.15, 0.2) is 0 Å². The summed E-state index contributed by atoms with van der Waals surface area (Å²) < 4.78 is 13.8. The van der Waals surface area contributed by atoms with E-state index in [2.05, 4.69) is 30.7 Å². The summed E-state index contributed by atoms with van der Waals surface area (Å²) >= 11 is 0. The molecule has 0 aromatic heterocycles. The lowest BCUT2D eigenvalue weighted by molar-refractivity contribution is 0.168. The third-order valence-corrected chi connectivity index (χ3v) is 4.46. The zero-order valence-electron chi connectivity index (χ0n) is 13.0. The van der Waals surface area contributed by atoms with E-state index < -0.39 is 6.10 Å². The van der Waals surface area contributed by atoms with Crippen molar-refractivity contribution >= 4 is 5.69 Å². The molecule has 2 rings (SSSR count). The van der Waals surface area contributed by atoms with Gasteiger partial charge in [0.05, 0.1) is 6.10 Å². The molecular formula is C16H25FN2O. The summed E-state index contributed by atoms with van der Waals surface area (Å²) in [7, 11) is 2.14. The van der Waals surface area contributed by atoms with E-state index in [0.29, 0.717) is 23.2 Å². The van der Waals surface area contributed by atoms with Gasteiger partial charge in [0.2, 0.25) is 0 Å². The molecule has 1 aromatic carbocycles. The number of anilines is 1. The van der Waals surface area contributed by atoms with E-state index in [-0.39, 0.29) is 5.82 Å². The molecule has 3 atom stereocenters. The minimum atomic E-state index is -0.662. The van der Waals surface area contributed by atoms with Gasteiger partial charge in [-0.25, -0.2) is 4.39 Å². The number of halogens is 1. The van der Waals surface area contributed by atoms with Gasteiger partial charge in [-0.1, -0.05) is 0 Å². The van der Waals surface area contributed by atoms with E-state index in [1.54, 1.807) is 13.8 Å². The highest BCUT2D eigenvalue weighted by Gasteiger charge is 2.28. The van der Waals surface area contributed by atoms with Crippen LogP contribution in [0.4, 0.5) is 10.1 Å². The van der Waals surface area contributed by atoms with Crippen LogP contribution in [0.25, 0.3) is 0 Å². The van der Waals surface area contributed by atoms with E-state index in [0.717, 1.165) is 18.8 Å². The monoisotopic (exact) mass is 280 g/mol. The third-order valence-electron chi connectivity index (χ3n) is 4.46. The van der Waals surface area contributed by atoms with Crippen molar-refractivity contribution in [3.05, 3.63) is 29.1 Å². The van der Waals surface area contributed by atoms with Gasteiger partial charge in [-0.3, -0.25) is 4.90 Å². The van der Waals surface area contributed by atoms with Crippen LogP contribution in [-0.4, -0.2) is 42.2 Å². The molecule has 3 unspecified atom stereocenters. The zero-order valence-corrected chi connectivity index (χ0v) is 13.0. The van der Waals surface area contributed by atoms with Gasteiger partial charge in [0.1, 0.15) is 5.82 Å². The second kappa shape index (κ2) is 5.70. The Balaban J connectivity index is 2.39. The molecule has 0 amide bonds. The molecule has 1 aromatic rings. The average Bonchev–Trinajstić information content (AvgIpc) is 2.37. The summed E-state index contributed by atoms with van der Waals surface area (Å²) in [6, 6.07) is 4.21. The highest BCUT2D eigenvalue weighted by atomic mass is 19.1. The number of piperazine rings is 1. The van der Waals surface area contributed by atoms with Crippen molar-refractivity contribution in [3.8, 4) is 0 Å². The smallest absolute Gasteiger partial charge is 0.126 e. The number of hydrogen-bond donors (Lipinski definition) is 1. The third kappa shape index (κ3) is 2.81. The molecule has 0 spiro atoms. The minimum Gasteiger partial charge on any atom is -0.389 e. The van der Waals surface area contributed by atoms with Crippen LogP contribution in [-0.2, 0) is 0 Å². The van der Waals surface area contributed by atoms with Crippen LogP contribution in [0.5, 0.6) is 0 Å². The van der Waals surface area contributed by atoms with Gasteiger partial charge in [-0.15, -0.1) is 0 Å². The quantitative estimate of drug-likeness (QED) is 0.902. The largest absolute Gasteiger partial charge is 0.389 e. The summed E-state index contributed by atoms with van der Waals surface area (Å²) in [6.07, 6.45) is -0.662. The Hall–Kier alpha value is -1.13. The highest BCUT2D eigenvalue weighted by molar-refractivity contribution is 5.57. The average molecular weight is 280 g/mol. The maximum atomic E-state index is 13.8. The number of benzene rings is 1. The van der Waals surface area contributed by atoms with Gasteiger partial charge in [0, 0.05) is 36.4 Å². The fourth-order valence-electron chi connectivity index (χ4n) is 2.89. The van der Waals surface area contributed by atoms with Crippen LogP contribution >= 0.6 is 0 Å². The summed E-state index contributed by atoms with van der Waals surface area (Å²) in [6.45, 7) is 9.64. The maximum Gasteiger partial charge on any atom is 0.126 e. The molecular weight excluding hydrogens is 255 g/mol. The van der Waals surface area contributed by atoms with Crippen molar-refractivity contribution in [2.75, 3.05) is 25.0 Å². The Labute approximate surface area is 121 Å². The summed E-state index contributed by atoms with van der Waals surface area (Å²) in [5.74, 6) is -0.250. The fraction of sp³-hybridized carbons (Fsp3) is 0.625. The van der Waals surface area contributed by atoms with Crippen molar-refractivity contribution in [1.82, 2.24) is 4.90 Å². The number of nitrogens with zero attached hydrogens (tertiary/aromatic N) is 2. The lowest BCUT2D eigenvalue weighted by atomic mass is 10.0. The molecule has 3 nitrogen and oxygen atoms in total. The predicted molar refractivity (Wildman–Crippen MR) is 80.7 cm³/mol. The fourth-order valence-corrected chi connectivity index (χ4v) is 2.89. The molecule has 112 valence electrons. The molecule has 0 bridgehead atoms. The second-order valence-corrected chi connectivity index (χ2v) is 6.10. The van der Waals surface area contributed by atoms with Crippen molar-refractivity contribution in [2.45, 2.75) is 45.9 Å². The van der Waals surface area contributed by atoms with Crippen molar-refractivity contribution in [2.24, 2.45) is 0 Å². The lowest BCUT2D eigenvalue weighted by Gasteiger charge is -2.44. The highest BCUT2D eigenvalue weighted by Crippen LogP contribution is 2.31. The summed E-state index contributed by atoms with van der Waals surface area (Å²) in [5, 5.41) is 9.93. The van der Waals surface area contributed by atoms with E-state index in [4.69, 9.17) is 0 Å². The van der Waals surface area contributed by atoms with Crippen LogP contribution < -0.4 is 4.90 Å². The number of rotatable bonds is 2. The van der Waals surface area contributed by atoms with Crippen molar-refractivity contribution in [3.63, 3.8) is 0 Å². The maximum absolute atomic E-state index is 13.8. The van der Waals surface area contributed by atoms with Crippen LogP contribution in [0, 0.1) is 12.7 Å². The second-order valence-electron chi connectivity index (χ2n) is 6.10. The lowest BCUT2D eigenvalue weighted by Crippen LogP contribution is -2.55. The van der Waals surface area contributed by atoms with E-state index in [1.807, 2.05) is 6.07 Å².